The Morgan fingerprint density at radius 2 is 2.33 bits per heavy atom. The van der Waals surface area contributed by atoms with Gasteiger partial charge < -0.3 is 15.2 Å². The van der Waals surface area contributed by atoms with E-state index in [0.717, 1.165) is 19.3 Å². The third kappa shape index (κ3) is 1.84. The summed E-state index contributed by atoms with van der Waals surface area (Å²) in [4.78, 5) is 24.5. The highest BCUT2D eigenvalue weighted by Gasteiger charge is 2.79. The van der Waals surface area contributed by atoms with Gasteiger partial charge in [-0.05, 0) is 32.6 Å². The Bertz CT molecular complexity index is 508. The van der Waals surface area contributed by atoms with Gasteiger partial charge in [0, 0.05) is 11.2 Å². The van der Waals surface area contributed by atoms with Gasteiger partial charge in [0.05, 0.1) is 12.0 Å². The number of alkyl halides is 1. The van der Waals surface area contributed by atoms with Crippen LogP contribution in [0.3, 0.4) is 0 Å². The van der Waals surface area contributed by atoms with Crippen molar-refractivity contribution in [3.8, 4) is 0 Å². The molecule has 2 N–H and O–H groups in total. The lowest BCUT2D eigenvalue weighted by Gasteiger charge is -2.54. The molecule has 2 fully saturated rings. The number of hydrogen-bond acceptors (Lipinski definition) is 4. The zero-order valence-electron chi connectivity index (χ0n) is 12.0. The normalized spacial score (nSPS) is 42.8. The summed E-state index contributed by atoms with van der Waals surface area (Å²) in [7, 11) is 0. The average molecular weight is 358 g/mol. The van der Waals surface area contributed by atoms with Crippen LogP contribution in [0.5, 0.6) is 0 Å². The van der Waals surface area contributed by atoms with Crippen LogP contribution in [0.4, 0.5) is 0 Å². The molecular formula is C15H20BrNO4. The van der Waals surface area contributed by atoms with E-state index in [4.69, 9.17) is 4.74 Å². The minimum Gasteiger partial charge on any atom is -0.453 e. The van der Waals surface area contributed by atoms with E-state index in [1.807, 2.05) is 12.2 Å². The fourth-order valence-corrected chi connectivity index (χ4v) is 4.45. The Morgan fingerprint density at radius 3 is 2.90 bits per heavy atom. The van der Waals surface area contributed by atoms with Gasteiger partial charge >= 0.3 is 5.97 Å². The third-order valence-electron chi connectivity index (χ3n) is 5.25. The molecule has 2 heterocycles. The topological polar surface area (TPSA) is 75.6 Å². The van der Waals surface area contributed by atoms with E-state index in [-0.39, 0.29) is 11.8 Å². The second-order valence-corrected chi connectivity index (χ2v) is 7.08. The largest absolute Gasteiger partial charge is 0.453 e. The molecule has 21 heavy (non-hydrogen) atoms. The van der Waals surface area contributed by atoms with Crippen molar-refractivity contribution in [2.24, 2.45) is 11.8 Å². The number of hydrogen-bond donors (Lipinski definition) is 2. The average Bonchev–Trinajstić information content (AvgIpc) is 2.65. The Morgan fingerprint density at radius 1 is 1.57 bits per heavy atom. The molecular weight excluding hydrogens is 338 g/mol. The number of esters is 1. The summed E-state index contributed by atoms with van der Waals surface area (Å²) in [5.41, 5.74) is -2.25. The zero-order chi connectivity index (χ0) is 15.3. The number of allylic oxidation sites excluding steroid dienone is 1. The highest BCUT2D eigenvalue weighted by molar-refractivity contribution is 9.09. The monoisotopic (exact) mass is 357 g/mol. The molecule has 3 aliphatic rings. The van der Waals surface area contributed by atoms with Crippen LogP contribution in [0.15, 0.2) is 12.2 Å². The molecule has 0 aromatic carbocycles. The second kappa shape index (κ2) is 5.09. The molecule has 0 saturated carbocycles. The van der Waals surface area contributed by atoms with E-state index in [1.165, 1.54) is 0 Å². The van der Waals surface area contributed by atoms with Crippen molar-refractivity contribution >= 4 is 27.8 Å². The smallest absolute Gasteiger partial charge is 0.339 e. The molecule has 5 atom stereocenters. The molecule has 2 saturated heterocycles. The Hall–Kier alpha value is -0.880. The van der Waals surface area contributed by atoms with Gasteiger partial charge in [0.25, 0.3) is 0 Å². The first-order valence-corrected chi connectivity index (χ1v) is 8.55. The Labute approximate surface area is 132 Å². The van der Waals surface area contributed by atoms with Crippen LogP contribution in [-0.2, 0) is 14.3 Å². The summed E-state index contributed by atoms with van der Waals surface area (Å²) in [5.74, 6) is -1.26. The number of fused-ring (bicyclic) bond motifs is 1. The number of nitrogens with one attached hydrogen (secondary N) is 1. The highest BCUT2D eigenvalue weighted by Crippen LogP contribution is 2.53. The second-order valence-electron chi connectivity index (χ2n) is 6.29. The molecule has 5 nitrogen and oxygen atoms in total. The molecule has 0 spiro atoms. The summed E-state index contributed by atoms with van der Waals surface area (Å²) < 4.78 is 5.37. The van der Waals surface area contributed by atoms with E-state index in [2.05, 4.69) is 21.2 Å². The molecule has 1 amide bonds. The number of carbonyl (C=O) groups excluding carboxylic acids is 2. The van der Waals surface area contributed by atoms with Gasteiger partial charge in [-0.3, -0.25) is 4.79 Å². The molecule has 0 bridgehead atoms. The predicted octanol–water partition coefficient (Wildman–Crippen LogP) is 1.29. The summed E-state index contributed by atoms with van der Waals surface area (Å²) in [6.07, 6.45) is 6.42. The van der Waals surface area contributed by atoms with E-state index >= 15 is 0 Å². The Kier molecular flexibility index (Phi) is 3.64. The highest BCUT2D eigenvalue weighted by atomic mass is 79.9. The molecule has 116 valence electrons. The third-order valence-corrected chi connectivity index (χ3v) is 5.71. The zero-order valence-corrected chi connectivity index (χ0v) is 13.6. The Balaban J connectivity index is 1.94. The van der Waals surface area contributed by atoms with Crippen LogP contribution in [0, 0.1) is 11.8 Å². The van der Waals surface area contributed by atoms with Crippen molar-refractivity contribution in [3.05, 3.63) is 12.2 Å². The minimum absolute atomic E-state index is 0.117. The molecule has 2 aliphatic heterocycles. The number of aliphatic hydroxyl groups is 1. The first kappa shape index (κ1) is 15.0. The first-order chi connectivity index (χ1) is 9.97. The molecule has 0 aromatic rings. The molecule has 1 aliphatic carbocycles. The number of ether oxygens (including phenoxy) is 1. The predicted molar refractivity (Wildman–Crippen MR) is 79.8 cm³/mol. The van der Waals surface area contributed by atoms with E-state index in [0.29, 0.717) is 11.8 Å². The molecule has 5 unspecified atom stereocenters. The minimum atomic E-state index is -1.29. The van der Waals surface area contributed by atoms with E-state index in [1.54, 1.807) is 6.92 Å². The van der Waals surface area contributed by atoms with Crippen molar-refractivity contribution in [1.29, 1.82) is 0 Å². The SMILES string of the molecule is CC12OC(=O)C1(C(O)C1C=CCCC1)NC(=O)C2CCBr. The number of amides is 1. The number of carbonyl (C=O) groups is 2. The molecule has 0 aromatic heterocycles. The maximum absolute atomic E-state index is 12.3. The maximum Gasteiger partial charge on any atom is 0.339 e. The van der Waals surface area contributed by atoms with Gasteiger partial charge in [0.1, 0.15) is 0 Å². The lowest BCUT2D eigenvalue weighted by atomic mass is 9.64. The maximum atomic E-state index is 12.3. The van der Waals surface area contributed by atoms with Crippen molar-refractivity contribution in [2.75, 3.05) is 5.33 Å². The summed E-state index contributed by atoms with van der Waals surface area (Å²) >= 11 is 3.33. The van der Waals surface area contributed by atoms with Gasteiger partial charge in [0.2, 0.25) is 11.4 Å². The van der Waals surface area contributed by atoms with E-state index < -0.39 is 29.1 Å². The standard InChI is InChI=1S/C15H20BrNO4/c1-14-10(7-8-16)12(19)17-15(14,13(20)21-14)11(18)9-5-3-2-4-6-9/h3,5,9-11,18H,2,4,6-8H2,1H3,(H,17,19). The van der Waals surface area contributed by atoms with E-state index in [9.17, 15) is 14.7 Å². The quantitative estimate of drug-likeness (QED) is 0.451. The molecule has 3 rings (SSSR count). The summed E-state index contributed by atoms with van der Waals surface area (Å²) in [5, 5.41) is 14.2. The fraction of sp³-hybridized carbons (Fsp3) is 0.733. The number of halogens is 1. The first-order valence-electron chi connectivity index (χ1n) is 7.43. The summed E-state index contributed by atoms with van der Waals surface area (Å²) in [6.45, 7) is 1.76. The van der Waals surface area contributed by atoms with Gasteiger partial charge in [-0.25, -0.2) is 4.79 Å². The van der Waals surface area contributed by atoms with Crippen molar-refractivity contribution in [1.82, 2.24) is 5.32 Å². The van der Waals surface area contributed by atoms with Gasteiger partial charge in [0.15, 0.2) is 5.60 Å². The van der Waals surface area contributed by atoms with Crippen LogP contribution < -0.4 is 5.32 Å². The van der Waals surface area contributed by atoms with Crippen molar-refractivity contribution in [2.45, 2.75) is 49.9 Å². The van der Waals surface area contributed by atoms with Gasteiger partial charge in [-0.2, -0.15) is 0 Å². The number of aliphatic hydroxyl groups excluding tert-OH is 1. The number of rotatable bonds is 4. The van der Waals surface area contributed by atoms with Crippen LogP contribution in [0.25, 0.3) is 0 Å². The lowest BCUT2D eigenvalue weighted by Crippen LogP contribution is -2.80. The van der Waals surface area contributed by atoms with Crippen molar-refractivity contribution in [3.63, 3.8) is 0 Å². The van der Waals surface area contributed by atoms with Gasteiger partial charge in [-0.15, -0.1) is 0 Å². The molecule has 0 radical (unpaired) electrons. The lowest BCUT2D eigenvalue weighted by molar-refractivity contribution is -0.238. The van der Waals surface area contributed by atoms with Crippen LogP contribution in [0.2, 0.25) is 0 Å². The van der Waals surface area contributed by atoms with Crippen LogP contribution in [0.1, 0.15) is 32.6 Å². The van der Waals surface area contributed by atoms with Gasteiger partial charge in [-0.1, -0.05) is 28.1 Å². The van der Waals surface area contributed by atoms with Crippen molar-refractivity contribution < 1.29 is 19.4 Å². The van der Waals surface area contributed by atoms with Crippen LogP contribution >= 0.6 is 15.9 Å². The molecule has 6 heteroatoms. The summed E-state index contributed by atoms with van der Waals surface area (Å²) in [6, 6.07) is 0. The fourth-order valence-electron chi connectivity index (χ4n) is 3.99. The van der Waals surface area contributed by atoms with Crippen LogP contribution in [-0.4, -0.2) is 39.6 Å².